The van der Waals surface area contributed by atoms with Crippen molar-refractivity contribution in [2.45, 2.75) is 23.5 Å². The Kier molecular flexibility index (Phi) is 5.60. The number of ether oxygens (including phenoxy) is 1. The Morgan fingerprint density at radius 3 is 2.92 bits per heavy atom. The van der Waals surface area contributed by atoms with Gasteiger partial charge in [0.25, 0.3) is 5.91 Å². The lowest BCUT2D eigenvalue weighted by atomic mass is 10.2. The number of carbonyl (C=O) groups excluding carboxylic acids is 2. The Morgan fingerprint density at radius 1 is 1.32 bits per heavy atom. The summed E-state index contributed by atoms with van der Waals surface area (Å²) < 4.78 is 5.15. The molecular formula is C18H17ClN2O3S. The molecule has 0 bridgehead atoms. The van der Waals surface area contributed by atoms with Crippen LogP contribution in [0.5, 0.6) is 0 Å². The summed E-state index contributed by atoms with van der Waals surface area (Å²) in [5, 5.41) is 0.473. The molecule has 0 aliphatic carbocycles. The third-order valence-corrected chi connectivity index (χ3v) is 5.39. The second kappa shape index (κ2) is 7.89. The van der Waals surface area contributed by atoms with E-state index in [1.165, 1.54) is 12.3 Å². The molecule has 0 saturated carbocycles. The lowest BCUT2D eigenvalue weighted by Gasteiger charge is -2.22. The van der Waals surface area contributed by atoms with Gasteiger partial charge in [-0.15, -0.1) is 11.8 Å². The third-order valence-electron chi connectivity index (χ3n) is 3.85. The Morgan fingerprint density at radius 2 is 2.12 bits per heavy atom. The van der Waals surface area contributed by atoms with Crippen molar-refractivity contribution in [2.24, 2.45) is 0 Å². The predicted molar refractivity (Wildman–Crippen MR) is 98.3 cm³/mol. The number of anilines is 1. The molecule has 1 aliphatic heterocycles. The zero-order valence-electron chi connectivity index (χ0n) is 13.6. The maximum atomic E-state index is 12.6. The van der Waals surface area contributed by atoms with Gasteiger partial charge in [0.2, 0.25) is 0 Å². The highest BCUT2D eigenvalue weighted by Crippen LogP contribution is 2.37. The van der Waals surface area contributed by atoms with E-state index < -0.39 is 5.97 Å². The molecule has 1 aromatic heterocycles. The SMILES string of the molecule is C[C@H]1CCN(C(=O)COC(=O)c2cccnc2Cl)c2ccccc2S1. The van der Waals surface area contributed by atoms with E-state index in [4.69, 9.17) is 16.3 Å². The molecule has 130 valence electrons. The van der Waals surface area contributed by atoms with Crippen molar-refractivity contribution in [3.8, 4) is 0 Å². The van der Waals surface area contributed by atoms with Gasteiger partial charge in [-0.25, -0.2) is 9.78 Å². The number of esters is 1. The number of amides is 1. The minimum absolute atomic E-state index is 0.0605. The molecule has 7 heteroatoms. The van der Waals surface area contributed by atoms with E-state index in [2.05, 4.69) is 11.9 Å². The van der Waals surface area contributed by atoms with Crippen molar-refractivity contribution in [2.75, 3.05) is 18.1 Å². The topological polar surface area (TPSA) is 59.5 Å². The van der Waals surface area contributed by atoms with E-state index in [9.17, 15) is 9.59 Å². The molecule has 1 aromatic carbocycles. The highest BCUT2D eigenvalue weighted by molar-refractivity contribution is 8.00. The van der Waals surface area contributed by atoms with Crippen LogP contribution in [-0.2, 0) is 9.53 Å². The van der Waals surface area contributed by atoms with E-state index in [0.29, 0.717) is 11.8 Å². The number of hydrogen-bond donors (Lipinski definition) is 0. The highest BCUT2D eigenvalue weighted by atomic mass is 35.5. The highest BCUT2D eigenvalue weighted by Gasteiger charge is 2.25. The number of carbonyl (C=O) groups is 2. The van der Waals surface area contributed by atoms with Gasteiger partial charge in [-0.05, 0) is 30.7 Å². The van der Waals surface area contributed by atoms with Crippen molar-refractivity contribution in [1.29, 1.82) is 0 Å². The van der Waals surface area contributed by atoms with E-state index in [1.54, 1.807) is 22.7 Å². The summed E-state index contributed by atoms with van der Waals surface area (Å²) in [6.07, 6.45) is 2.35. The molecule has 0 saturated heterocycles. The van der Waals surface area contributed by atoms with Gasteiger partial charge in [0.05, 0.1) is 11.3 Å². The normalized spacial score (nSPS) is 16.7. The zero-order valence-corrected chi connectivity index (χ0v) is 15.2. The zero-order chi connectivity index (χ0) is 17.8. The average molecular weight is 377 g/mol. The molecule has 5 nitrogen and oxygen atoms in total. The quantitative estimate of drug-likeness (QED) is 0.602. The van der Waals surface area contributed by atoms with Crippen molar-refractivity contribution in [3.63, 3.8) is 0 Å². The third kappa shape index (κ3) is 4.14. The summed E-state index contributed by atoms with van der Waals surface area (Å²) in [5.41, 5.74) is 1.01. The number of benzene rings is 1. The van der Waals surface area contributed by atoms with Gasteiger partial charge in [-0.1, -0.05) is 30.7 Å². The van der Waals surface area contributed by atoms with Crippen LogP contribution in [0.3, 0.4) is 0 Å². The van der Waals surface area contributed by atoms with Crippen LogP contribution in [0.15, 0.2) is 47.5 Å². The second-order valence-corrected chi connectivity index (χ2v) is 7.49. The molecule has 25 heavy (non-hydrogen) atoms. The summed E-state index contributed by atoms with van der Waals surface area (Å²) in [4.78, 5) is 31.3. The van der Waals surface area contributed by atoms with Gasteiger partial charge < -0.3 is 9.64 Å². The van der Waals surface area contributed by atoms with E-state index >= 15 is 0 Å². The van der Waals surface area contributed by atoms with Crippen LogP contribution in [0.4, 0.5) is 5.69 Å². The number of thioether (sulfide) groups is 1. The smallest absolute Gasteiger partial charge is 0.341 e. The molecule has 0 spiro atoms. The standard InChI is InChI=1S/C18H17ClN2O3S/c1-12-8-10-21(14-6-2-3-7-15(14)25-12)16(22)11-24-18(23)13-5-4-9-20-17(13)19/h2-7,9,12H,8,10-11H2,1H3/t12-/m0/s1. The molecule has 1 amide bonds. The first kappa shape index (κ1) is 17.8. The van der Waals surface area contributed by atoms with E-state index in [-0.39, 0.29) is 23.2 Å². The minimum atomic E-state index is -0.655. The fourth-order valence-corrected chi connectivity index (χ4v) is 3.88. The van der Waals surface area contributed by atoms with Crippen LogP contribution in [-0.4, -0.2) is 35.3 Å². The van der Waals surface area contributed by atoms with Crippen LogP contribution >= 0.6 is 23.4 Å². The molecule has 1 aliphatic rings. The summed E-state index contributed by atoms with van der Waals surface area (Å²) in [7, 11) is 0. The Bertz CT molecular complexity index is 799. The number of halogens is 1. The molecule has 0 radical (unpaired) electrons. The number of aromatic nitrogens is 1. The Labute approximate surface area is 155 Å². The number of nitrogens with zero attached hydrogens (tertiary/aromatic N) is 2. The first-order valence-corrected chi connectivity index (χ1v) is 9.15. The average Bonchev–Trinajstić information content (AvgIpc) is 2.78. The van der Waals surface area contributed by atoms with Crippen LogP contribution in [0.25, 0.3) is 0 Å². The Balaban J connectivity index is 1.71. The van der Waals surface area contributed by atoms with Crippen molar-refractivity contribution >= 4 is 40.9 Å². The number of para-hydroxylation sites is 1. The van der Waals surface area contributed by atoms with Crippen LogP contribution in [0.1, 0.15) is 23.7 Å². The molecule has 0 N–H and O–H groups in total. The van der Waals surface area contributed by atoms with E-state index in [1.807, 2.05) is 24.3 Å². The van der Waals surface area contributed by atoms with E-state index in [0.717, 1.165) is 17.0 Å². The van der Waals surface area contributed by atoms with Crippen LogP contribution in [0.2, 0.25) is 5.15 Å². The largest absolute Gasteiger partial charge is 0.452 e. The monoisotopic (exact) mass is 376 g/mol. The molecule has 0 unspecified atom stereocenters. The van der Waals surface area contributed by atoms with Gasteiger partial charge in [0.1, 0.15) is 5.15 Å². The summed E-state index contributed by atoms with van der Waals surface area (Å²) in [6, 6.07) is 10.9. The number of hydrogen-bond acceptors (Lipinski definition) is 5. The molecule has 2 heterocycles. The first-order valence-electron chi connectivity index (χ1n) is 7.90. The fraction of sp³-hybridized carbons (Fsp3) is 0.278. The van der Waals surface area contributed by atoms with Crippen LogP contribution < -0.4 is 4.90 Å². The van der Waals surface area contributed by atoms with Gasteiger partial charge in [0.15, 0.2) is 6.61 Å². The van der Waals surface area contributed by atoms with Crippen molar-refractivity contribution in [3.05, 3.63) is 53.3 Å². The van der Waals surface area contributed by atoms with Gasteiger partial charge in [-0.2, -0.15) is 0 Å². The maximum absolute atomic E-state index is 12.6. The van der Waals surface area contributed by atoms with Crippen molar-refractivity contribution < 1.29 is 14.3 Å². The molecule has 0 fully saturated rings. The summed E-state index contributed by atoms with van der Waals surface area (Å²) in [5.74, 6) is -0.909. The fourth-order valence-electron chi connectivity index (χ4n) is 2.57. The lowest BCUT2D eigenvalue weighted by molar-refractivity contribution is -0.121. The summed E-state index contributed by atoms with van der Waals surface area (Å²) in [6.45, 7) is 2.40. The predicted octanol–water partition coefficient (Wildman–Crippen LogP) is 3.81. The molecular weight excluding hydrogens is 360 g/mol. The lowest BCUT2D eigenvalue weighted by Crippen LogP contribution is -2.35. The minimum Gasteiger partial charge on any atom is -0.452 e. The molecule has 2 aromatic rings. The van der Waals surface area contributed by atoms with Gasteiger partial charge in [-0.3, -0.25) is 4.79 Å². The first-order chi connectivity index (χ1) is 12.1. The number of rotatable bonds is 3. The maximum Gasteiger partial charge on any atom is 0.341 e. The number of pyridine rings is 1. The Hall–Kier alpha value is -2.05. The van der Waals surface area contributed by atoms with Gasteiger partial charge in [0, 0.05) is 22.9 Å². The van der Waals surface area contributed by atoms with Crippen LogP contribution in [0, 0.1) is 0 Å². The second-order valence-electron chi connectivity index (χ2n) is 5.65. The molecule has 1 atom stereocenters. The van der Waals surface area contributed by atoms with Gasteiger partial charge >= 0.3 is 5.97 Å². The molecule has 3 rings (SSSR count). The summed E-state index contributed by atoms with van der Waals surface area (Å²) >= 11 is 7.63. The number of fused-ring (bicyclic) bond motifs is 1. The van der Waals surface area contributed by atoms with Crippen molar-refractivity contribution in [1.82, 2.24) is 4.98 Å².